The Morgan fingerprint density at radius 2 is 1.89 bits per heavy atom. The van der Waals surface area contributed by atoms with Crippen molar-refractivity contribution < 1.29 is 4.79 Å². The van der Waals surface area contributed by atoms with Crippen LogP contribution in [0.2, 0.25) is 0 Å². The van der Waals surface area contributed by atoms with Crippen LogP contribution in [0, 0.1) is 5.92 Å². The summed E-state index contributed by atoms with van der Waals surface area (Å²) < 4.78 is 0. The second kappa shape index (κ2) is 9.41. The maximum Gasteiger partial charge on any atom is 0.222 e. The third-order valence-corrected chi connectivity index (χ3v) is 4.14. The van der Waals surface area contributed by atoms with Crippen molar-refractivity contribution in [3.63, 3.8) is 0 Å². The molecule has 0 aromatic rings. The third-order valence-electron chi connectivity index (χ3n) is 4.14. The molecule has 0 radical (unpaired) electrons. The first-order valence-corrected chi connectivity index (χ1v) is 8.05. The molecule has 1 rings (SSSR count). The van der Waals surface area contributed by atoms with Gasteiger partial charge >= 0.3 is 0 Å². The highest BCUT2D eigenvalue weighted by Gasteiger charge is 2.20. The topological polar surface area (TPSA) is 20.3 Å². The van der Waals surface area contributed by atoms with Crippen molar-refractivity contribution in [3.05, 3.63) is 0 Å². The van der Waals surface area contributed by atoms with Gasteiger partial charge in [0.05, 0.1) is 0 Å². The van der Waals surface area contributed by atoms with Gasteiger partial charge in [-0.3, -0.25) is 4.79 Å². The van der Waals surface area contributed by atoms with Gasteiger partial charge in [-0.2, -0.15) is 0 Å². The second-order valence-corrected chi connectivity index (χ2v) is 5.78. The summed E-state index contributed by atoms with van der Waals surface area (Å²) in [6.07, 6.45) is 12.6. The monoisotopic (exact) mass is 253 g/mol. The molecule has 1 heterocycles. The van der Waals surface area contributed by atoms with Crippen LogP contribution in [0.3, 0.4) is 0 Å². The van der Waals surface area contributed by atoms with Gasteiger partial charge in [-0.1, -0.05) is 58.8 Å². The molecule has 0 saturated carbocycles. The summed E-state index contributed by atoms with van der Waals surface area (Å²) in [6, 6.07) is 0. The van der Waals surface area contributed by atoms with Gasteiger partial charge in [0.2, 0.25) is 5.91 Å². The molecule has 0 spiro atoms. The molecule has 2 nitrogen and oxygen atoms in total. The summed E-state index contributed by atoms with van der Waals surface area (Å²) in [6.45, 7) is 6.56. The highest BCUT2D eigenvalue weighted by atomic mass is 16.2. The van der Waals surface area contributed by atoms with Crippen LogP contribution in [0.4, 0.5) is 0 Å². The van der Waals surface area contributed by atoms with Crippen LogP contribution in [0.5, 0.6) is 0 Å². The SMILES string of the molecule is CCCCCCC(CCC)CCN1CCCC1=O. The van der Waals surface area contributed by atoms with Crippen molar-refractivity contribution in [2.45, 2.75) is 78.1 Å². The van der Waals surface area contributed by atoms with Gasteiger partial charge in [-0.25, -0.2) is 0 Å². The maximum absolute atomic E-state index is 11.6. The number of likely N-dealkylation sites (tertiary alicyclic amines) is 1. The molecule has 1 atom stereocenters. The minimum Gasteiger partial charge on any atom is -0.343 e. The lowest BCUT2D eigenvalue weighted by atomic mass is 9.93. The van der Waals surface area contributed by atoms with E-state index in [1.807, 2.05) is 0 Å². The van der Waals surface area contributed by atoms with Crippen LogP contribution in [-0.4, -0.2) is 23.9 Å². The molecule has 1 aliphatic heterocycles. The van der Waals surface area contributed by atoms with Crippen molar-refractivity contribution in [3.8, 4) is 0 Å². The third kappa shape index (κ3) is 5.88. The molecule has 0 N–H and O–H groups in total. The predicted molar refractivity (Wildman–Crippen MR) is 77.6 cm³/mol. The van der Waals surface area contributed by atoms with Crippen LogP contribution in [0.15, 0.2) is 0 Å². The Morgan fingerprint density at radius 1 is 1.06 bits per heavy atom. The van der Waals surface area contributed by atoms with Gasteiger partial charge in [0.25, 0.3) is 0 Å². The molecule has 106 valence electrons. The lowest BCUT2D eigenvalue weighted by Crippen LogP contribution is -2.27. The van der Waals surface area contributed by atoms with Crippen LogP contribution < -0.4 is 0 Å². The molecule has 1 saturated heterocycles. The van der Waals surface area contributed by atoms with Gasteiger partial charge in [0.1, 0.15) is 0 Å². The number of carbonyl (C=O) groups excluding carboxylic acids is 1. The first-order valence-electron chi connectivity index (χ1n) is 8.05. The molecule has 1 amide bonds. The van der Waals surface area contributed by atoms with Crippen LogP contribution in [0.25, 0.3) is 0 Å². The van der Waals surface area contributed by atoms with E-state index in [9.17, 15) is 4.79 Å². The fourth-order valence-electron chi connectivity index (χ4n) is 2.98. The van der Waals surface area contributed by atoms with Gasteiger partial charge < -0.3 is 4.90 Å². The Kier molecular flexibility index (Phi) is 8.11. The smallest absolute Gasteiger partial charge is 0.222 e. The minimum atomic E-state index is 0.385. The Hall–Kier alpha value is -0.530. The quantitative estimate of drug-likeness (QED) is 0.529. The second-order valence-electron chi connectivity index (χ2n) is 5.78. The molecule has 1 unspecified atom stereocenters. The van der Waals surface area contributed by atoms with E-state index in [-0.39, 0.29) is 0 Å². The van der Waals surface area contributed by atoms with Crippen molar-refractivity contribution >= 4 is 5.91 Å². The summed E-state index contributed by atoms with van der Waals surface area (Å²) in [5.41, 5.74) is 0. The summed E-state index contributed by atoms with van der Waals surface area (Å²) in [5.74, 6) is 1.23. The normalized spacial score (nSPS) is 17.4. The summed E-state index contributed by atoms with van der Waals surface area (Å²) >= 11 is 0. The fourth-order valence-corrected chi connectivity index (χ4v) is 2.98. The van der Waals surface area contributed by atoms with Gasteiger partial charge in [-0.05, 0) is 18.8 Å². The van der Waals surface area contributed by atoms with E-state index in [1.165, 1.54) is 51.4 Å². The molecule has 18 heavy (non-hydrogen) atoms. The maximum atomic E-state index is 11.6. The average molecular weight is 253 g/mol. The number of rotatable bonds is 10. The summed E-state index contributed by atoms with van der Waals surface area (Å²) in [7, 11) is 0. The Labute approximate surface area is 113 Å². The Balaban J connectivity index is 2.17. The predicted octanol–water partition coefficient (Wildman–Crippen LogP) is 4.39. The molecular formula is C16H31NO. The van der Waals surface area contributed by atoms with Crippen LogP contribution in [-0.2, 0) is 4.79 Å². The lowest BCUT2D eigenvalue weighted by molar-refractivity contribution is -0.127. The number of nitrogens with zero attached hydrogens (tertiary/aromatic N) is 1. The van der Waals surface area contributed by atoms with E-state index in [0.717, 1.165) is 31.8 Å². The molecule has 2 heteroatoms. The highest BCUT2D eigenvalue weighted by molar-refractivity contribution is 5.77. The first kappa shape index (κ1) is 15.5. The van der Waals surface area contributed by atoms with E-state index in [2.05, 4.69) is 18.7 Å². The average Bonchev–Trinajstić information content (AvgIpc) is 2.77. The molecular weight excluding hydrogens is 222 g/mol. The molecule has 1 fully saturated rings. The van der Waals surface area contributed by atoms with Crippen LogP contribution >= 0.6 is 0 Å². The van der Waals surface area contributed by atoms with E-state index >= 15 is 0 Å². The summed E-state index contributed by atoms with van der Waals surface area (Å²) in [5, 5.41) is 0. The molecule has 0 aliphatic carbocycles. The number of carbonyl (C=O) groups is 1. The summed E-state index contributed by atoms with van der Waals surface area (Å²) in [4.78, 5) is 13.6. The minimum absolute atomic E-state index is 0.385. The lowest BCUT2D eigenvalue weighted by Gasteiger charge is -2.21. The Morgan fingerprint density at radius 3 is 2.50 bits per heavy atom. The first-order chi connectivity index (χ1) is 8.77. The van der Waals surface area contributed by atoms with Crippen LogP contribution in [0.1, 0.15) is 78.1 Å². The number of amides is 1. The van der Waals surface area contributed by atoms with Crippen molar-refractivity contribution in [1.82, 2.24) is 4.90 Å². The largest absolute Gasteiger partial charge is 0.343 e. The zero-order valence-electron chi connectivity index (χ0n) is 12.4. The standard InChI is InChI=1S/C16H31NO/c1-3-5-6-7-10-15(9-4-2)12-14-17-13-8-11-16(17)18/h15H,3-14H2,1-2H3. The van der Waals surface area contributed by atoms with Crippen molar-refractivity contribution in [2.24, 2.45) is 5.92 Å². The van der Waals surface area contributed by atoms with E-state index in [4.69, 9.17) is 0 Å². The number of hydrogen-bond acceptors (Lipinski definition) is 1. The molecule has 1 aliphatic rings. The van der Waals surface area contributed by atoms with Crippen molar-refractivity contribution in [1.29, 1.82) is 0 Å². The van der Waals surface area contributed by atoms with Gasteiger partial charge in [0, 0.05) is 19.5 Å². The zero-order chi connectivity index (χ0) is 13.2. The van der Waals surface area contributed by atoms with Crippen molar-refractivity contribution in [2.75, 3.05) is 13.1 Å². The van der Waals surface area contributed by atoms with Gasteiger partial charge in [-0.15, -0.1) is 0 Å². The molecule has 0 aromatic carbocycles. The highest BCUT2D eigenvalue weighted by Crippen LogP contribution is 2.21. The van der Waals surface area contributed by atoms with E-state index in [0.29, 0.717) is 5.91 Å². The molecule has 0 bridgehead atoms. The number of hydrogen-bond donors (Lipinski definition) is 0. The Bertz CT molecular complexity index is 227. The van der Waals surface area contributed by atoms with Gasteiger partial charge in [0.15, 0.2) is 0 Å². The zero-order valence-corrected chi connectivity index (χ0v) is 12.4. The number of unbranched alkanes of at least 4 members (excludes halogenated alkanes) is 3. The van der Waals surface area contributed by atoms with E-state index < -0.39 is 0 Å². The fraction of sp³-hybridized carbons (Fsp3) is 0.938. The van der Waals surface area contributed by atoms with E-state index in [1.54, 1.807) is 0 Å². The molecule has 0 aromatic heterocycles.